The van der Waals surface area contributed by atoms with E-state index in [4.69, 9.17) is 0 Å². The predicted molar refractivity (Wildman–Crippen MR) is 97.5 cm³/mol. The lowest BCUT2D eigenvalue weighted by molar-refractivity contribution is 0.101. The molecule has 0 saturated carbocycles. The number of piperidine rings is 1. The molecule has 2 aromatic rings. The van der Waals surface area contributed by atoms with Gasteiger partial charge in [-0.1, -0.05) is 24.3 Å². The molecule has 0 radical (unpaired) electrons. The van der Waals surface area contributed by atoms with Crippen molar-refractivity contribution in [3.63, 3.8) is 0 Å². The van der Waals surface area contributed by atoms with Crippen molar-refractivity contribution < 1.29 is 4.79 Å². The van der Waals surface area contributed by atoms with E-state index in [9.17, 15) is 4.79 Å². The molecule has 0 bridgehead atoms. The average molecular weight is 386 g/mol. The topological polar surface area (TPSA) is 46.1 Å². The zero-order valence-corrected chi connectivity index (χ0v) is 15.3. The van der Waals surface area contributed by atoms with Gasteiger partial charge in [-0.2, -0.15) is 0 Å². The third-order valence-corrected chi connectivity index (χ3v) is 5.81. The van der Waals surface area contributed by atoms with E-state index >= 15 is 0 Å². The number of carbonyl (C=O) groups excluding carboxylic acids is 1. The number of hydrogen-bond acceptors (Lipinski definition) is 4. The second kappa shape index (κ2) is 5.96. The fourth-order valence-corrected chi connectivity index (χ4v) is 4.43. The van der Waals surface area contributed by atoms with Crippen LogP contribution in [0.3, 0.4) is 0 Å². The first-order chi connectivity index (χ1) is 11.6. The van der Waals surface area contributed by atoms with Crippen LogP contribution in [0.15, 0.2) is 35.1 Å². The molecule has 0 N–H and O–H groups in total. The van der Waals surface area contributed by atoms with Gasteiger partial charge in [-0.3, -0.25) is 4.79 Å². The van der Waals surface area contributed by atoms with Crippen molar-refractivity contribution >= 4 is 27.5 Å². The maximum atomic E-state index is 11.9. The smallest absolute Gasteiger partial charge is 0.181 e. The molecule has 1 aromatic heterocycles. The number of hydrogen-bond donors (Lipinski definition) is 0. The highest BCUT2D eigenvalue weighted by Gasteiger charge is 2.40. The van der Waals surface area contributed by atoms with E-state index in [1.807, 2.05) is 0 Å². The zero-order valence-electron chi connectivity index (χ0n) is 13.8. The van der Waals surface area contributed by atoms with Crippen LogP contribution in [0.4, 0.5) is 5.82 Å². The van der Waals surface area contributed by atoms with Gasteiger partial charge in [0.05, 0.1) is 6.20 Å². The van der Waals surface area contributed by atoms with Gasteiger partial charge in [0.2, 0.25) is 0 Å². The van der Waals surface area contributed by atoms with Crippen molar-refractivity contribution in [2.24, 2.45) is 5.41 Å². The molecule has 1 aromatic carbocycles. The third kappa shape index (κ3) is 2.75. The van der Waals surface area contributed by atoms with Gasteiger partial charge in [0.15, 0.2) is 11.6 Å². The number of aromatic nitrogens is 2. The van der Waals surface area contributed by atoms with Crippen LogP contribution in [0.5, 0.6) is 0 Å². The van der Waals surface area contributed by atoms with Crippen LogP contribution in [0.2, 0.25) is 0 Å². The zero-order chi connectivity index (χ0) is 16.7. The normalized spacial score (nSPS) is 18.7. The van der Waals surface area contributed by atoms with Gasteiger partial charge in [0.1, 0.15) is 10.3 Å². The van der Waals surface area contributed by atoms with Crippen LogP contribution in [0.1, 0.15) is 41.4 Å². The number of fused-ring (bicyclic) bond motifs is 1. The van der Waals surface area contributed by atoms with Crippen LogP contribution in [-0.2, 0) is 12.8 Å². The average Bonchev–Trinajstić information content (AvgIpc) is 2.93. The molecule has 0 amide bonds. The number of rotatable bonds is 2. The maximum absolute atomic E-state index is 11.9. The molecule has 4 nitrogen and oxygen atoms in total. The Balaban J connectivity index is 1.53. The summed E-state index contributed by atoms with van der Waals surface area (Å²) in [7, 11) is 0. The number of anilines is 1. The summed E-state index contributed by atoms with van der Waals surface area (Å²) in [6.45, 7) is 3.42. The van der Waals surface area contributed by atoms with Gasteiger partial charge in [-0.05, 0) is 58.2 Å². The van der Waals surface area contributed by atoms with Crippen molar-refractivity contribution in [2.45, 2.75) is 32.6 Å². The monoisotopic (exact) mass is 385 g/mol. The molecule has 1 aliphatic carbocycles. The fraction of sp³-hybridized carbons (Fsp3) is 0.421. The van der Waals surface area contributed by atoms with Crippen LogP contribution < -0.4 is 4.90 Å². The maximum Gasteiger partial charge on any atom is 0.181 e. The minimum Gasteiger partial charge on any atom is -0.355 e. The first kappa shape index (κ1) is 15.8. The first-order valence-electron chi connectivity index (χ1n) is 8.42. The Bertz CT molecular complexity index is 770. The largest absolute Gasteiger partial charge is 0.355 e. The molecule has 1 spiro atoms. The Kier molecular flexibility index (Phi) is 3.91. The van der Waals surface area contributed by atoms with Crippen LogP contribution in [-0.4, -0.2) is 28.8 Å². The van der Waals surface area contributed by atoms with Crippen molar-refractivity contribution in [3.8, 4) is 0 Å². The number of carbonyl (C=O) groups is 1. The van der Waals surface area contributed by atoms with Gasteiger partial charge in [0, 0.05) is 20.0 Å². The van der Waals surface area contributed by atoms with Crippen molar-refractivity contribution in [2.75, 3.05) is 18.0 Å². The Morgan fingerprint density at radius 1 is 1.17 bits per heavy atom. The van der Waals surface area contributed by atoms with E-state index in [2.05, 4.69) is 55.1 Å². The summed E-state index contributed by atoms with van der Waals surface area (Å²) < 4.78 is 0.608. The predicted octanol–water partition coefficient (Wildman–Crippen LogP) is 3.83. The number of ketones is 1. The lowest BCUT2D eigenvalue weighted by Crippen LogP contribution is -2.41. The van der Waals surface area contributed by atoms with Crippen LogP contribution >= 0.6 is 15.9 Å². The molecular formula is C19H20BrN3O. The molecule has 2 heterocycles. The molecule has 2 aliphatic rings. The Morgan fingerprint density at radius 2 is 1.79 bits per heavy atom. The summed E-state index contributed by atoms with van der Waals surface area (Å²) in [5.74, 6) is 0.698. The molecule has 124 valence electrons. The third-order valence-electron chi connectivity index (χ3n) is 5.43. The quantitative estimate of drug-likeness (QED) is 0.736. The molecule has 4 rings (SSSR count). The van der Waals surface area contributed by atoms with Gasteiger partial charge < -0.3 is 4.90 Å². The van der Waals surface area contributed by atoms with Gasteiger partial charge in [-0.15, -0.1) is 0 Å². The highest BCUT2D eigenvalue weighted by atomic mass is 79.9. The summed E-state index contributed by atoms with van der Waals surface area (Å²) in [4.78, 5) is 22.9. The van der Waals surface area contributed by atoms with E-state index in [1.165, 1.54) is 24.0 Å². The summed E-state index contributed by atoms with van der Waals surface area (Å²) in [5.41, 5.74) is 3.88. The molecule has 1 saturated heterocycles. The highest BCUT2D eigenvalue weighted by molar-refractivity contribution is 9.10. The minimum absolute atomic E-state index is 0.0349. The Hall–Kier alpha value is -1.75. The second-order valence-electron chi connectivity index (χ2n) is 7.03. The molecule has 0 unspecified atom stereocenters. The van der Waals surface area contributed by atoms with Gasteiger partial charge in [-0.25, -0.2) is 9.97 Å². The number of benzene rings is 1. The second-order valence-corrected chi connectivity index (χ2v) is 7.84. The SMILES string of the molecule is CC(=O)c1nc(Br)cnc1N1CCC2(CC1)Cc1ccccc1C2. The van der Waals surface area contributed by atoms with Crippen molar-refractivity contribution in [1.82, 2.24) is 9.97 Å². The standard InChI is InChI=1S/C19H20BrN3O/c1-13(24)17-18(21-12-16(20)22-17)23-8-6-19(7-9-23)10-14-4-2-3-5-15(14)11-19/h2-5,12H,6-11H2,1H3. The lowest BCUT2D eigenvalue weighted by atomic mass is 9.76. The van der Waals surface area contributed by atoms with E-state index in [1.54, 1.807) is 13.1 Å². The van der Waals surface area contributed by atoms with Crippen molar-refractivity contribution in [3.05, 3.63) is 51.9 Å². The number of Topliss-reactive ketones (excluding diaryl/α,β-unsaturated/α-hetero) is 1. The molecule has 24 heavy (non-hydrogen) atoms. The van der Waals surface area contributed by atoms with Crippen LogP contribution in [0, 0.1) is 5.41 Å². The summed E-state index contributed by atoms with van der Waals surface area (Å²) in [5, 5.41) is 0. The van der Waals surface area contributed by atoms with Gasteiger partial charge in [0.25, 0.3) is 0 Å². The molecule has 5 heteroatoms. The Labute approximate surface area is 150 Å². The highest BCUT2D eigenvalue weighted by Crippen LogP contribution is 2.45. The molecule has 1 fully saturated rings. The van der Waals surface area contributed by atoms with E-state index in [0.29, 0.717) is 15.7 Å². The minimum atomic E-state index is -0.0349. The number of halogens is 1. The Morgan fingerprint density at radius 3 is 2.38 bits per heavy atom. The van der Waals surface area contributed by atoms with Crippen LogP contribution in [0.25, 0.3) is 0 Å². The van der Waals surface area contributed by atoms with E-state index in [-0.39, 0.29) is 5.78 Å². The molecular weight excluding hydrogens is 366 g/mol. The lowest BCUT2D eigenvalue weighted by Gasteiger charge is -2.40. The first-order valence-corrected chi connectivity index (χ1v) is 9.21. The van der Waals surface area contributed by atoms with E-state index < -0.39 is 0 Å². The molecule has 1 aliphatic heterocycles. The van der Waals surface area contributed by atoms with Crippen molar-refractivity contribution in [1.29, 1.82) is 0 Å². The van der Waals surface area contributed by atoms with Gasteiger partial charge >= 0.3 is 0 Å². The number of nitrogens with zero attached hydrogens (tertiary/aromatic N) is 3. The van der Waals surface area contributed by atoms with E-state index in [0.717, 1.165) is 31.7 Å². The molecule has 0 atom stereocenters. The fourth-order valence-electron chi connectivity index (χ4n) is 4.15. The summed E-state index contributed by atoms with van der Waals surface area (Å²) in [6, 6.07) is 8.82. The summed E-state index contributed by atoms with van der Waals surface area (Å²) >= 11 is 3.31. The summed E-state index contributed by atoms with van der Waals surface area (Å²) in [6.07, 6.45) is 6.32.